The molecule has 0 spiro atoms. The largest absolute Gasteiger partial charge is 0.484 e. The number of rotatable bonds is 11. The van der Waals surface area contributed by atoms with Crippen molar-refractivity contribution in [2.45, 2.75) is 43.3 Å². The molecule has 0 saturated heterocycles. The summed E-state index contributed by atoms with van der Waals surface area (Å²) in [4.78, 5) is 41.5. The van der Waals surface area contributed by atoms with Crippen LogP contribution in [0, 0.1) is 5.92 Å². The lowest BCUT2D eigenvalue weighted by Gasteiger charge is -2.19. The summed E-state index contributed by atoms with van der Waals surface area (Å²) < 4.78 is 11.0. The summed E-state index contributed by atoms with van der Waals surface area (Å²) in [6.45, 7) is 4.13. The first-order valence-electron chi connectivity index (χ1n) is 14.3. The summed E-state index contributed by atoms with van der Waals surface area (Å²) in [6, 6.07) is 26.1. The highest BCUT2D eigenvalue weighted by Crippen LogP contribution is 2.42. The second kappa shape index (κ2) is 14.4. The summed E-state index contributed by atoms with van der Waals surface area (Å²) in [5, 5.41) is 5.90. The number of para-hydroxylation sites is 1. The van der Waals surface area contributed by atoms with Gasteiger partial charge in [0.05, 0.1) is 12.2 Å². The van der Waals surface area contributed by atoms with Crippen molar-refractivity contribution in [3.63, 3.8) is 0 Å². The third kappa shape index (κ3) is 7.86. The zero-order valence-corrected chi connectivity index (χ0v) is 25.8. The molecule has 2 atom stereocenters. The van der Waals surface area contributed by atoms with Crippen LogP contribution in [0.1, 0.15) is 51.9 Å². The molecule has 7 nitrogen and oxygen atoms in total. The zero-order chi connectivity index (χ0) is 30.2. The minimum Gasteiger partial charge on any atom is -0.484 e. The van der Waals surface area contributed by atoms with Crippen LogP contribution in [0.4, 0.5) is 10.7 Å². The Morgan fingerprint density at radius 1 is 0.977 bits per heavy atom. The molecule has 0 bridgehead atoms. The molecular weight excluding hydrogens is 581 g/mol. The van der Waals surface area contributed by atoms with Gasteiger partial charge in [-0.25, -0.2) is 4.79 Å². The lowest BCUT2D eigenvalue weighted by molar-refractivity contribution is -0.118. The first kappa shape index (κ1) is 30.4. The molecule has 43 heavy (non-hydrogen) atoms. The van der Waals surface area contributed by atoms with E-state index >= 15 is 0 Å². The van der Waals surface area contributed by atoms with E-state index in [9.17, 15) is 14.4 Å². The maximum Gasteiger partial charge on any atom is 0.341 e. The molecule has 3 aromatic carbocycles. The number of carbonyl (C=O) groups excluding carboxylic acids is 3. The summed E-state index contributed by atoms with van der Waals surface area (Å²) in [7, 11) is 0. The molecule has 9 heteroatoms. The lowest BCUT2D eigenvalue weighted by Crippen LogP contribution is -2.21. The average Bonchev–Trinajstić information content (AvgIpc) is 3.36. The summed E-state index contributed by atoms with van der Waals surface area (Å²) in [5.74, 6) is 0.222. The fraction of sp³-hybridized carbons (Fsp3) is 0.265. The molecule has 1 aliphatic carbocycles. The van der Waals surface area contributed by atoms with E-state index in [-0.39, 0.29) is 25.0 Å². The summed E-state index contributed by atoms with van der Waals surface area (Å²) >= 11 is 2.85. The van der Waals surface area contributed by atoms with E-state index in [0.29, 0.717) is 27.9 Å². The highest BCUT2D eigenvalue weighted by atomic mass is 32.2. The molecule has 0 saturated carbocycles. The summed E-state index contributed by atoms with van der Waals surface area (Å²) in [6.07, 6.45) is 2.67. The van der Waals surface area contributed by atoms with Crippen molar-refractivity contribution in [3.05, 3.63) is 106 Å². The monoisotopic (exact) mass is 614 g/mol. The Kier molecular flexibility index (Phi) is 10.2. The number of anilines is 2. The maximum atomic E-state index is 13.9. The fourth-order valence-corrected chi connectivity index (χ4v) is 7.47. The molecule has 2 N–H and O–H groups in total. The first-order valence-corrected chi connectivity index (χ1v) is 16.0. The van der Waals surface area contributed by atoms with Crippen molar-refractivity contribution in [3.8, 4) is 5.75 Å². The van der Waals surface area contributed by atoms with E-state index in [4.69, 9.17) is 9.47 Å². The first-order chi connectivity index (χ1) is 20.9. The van der Waals surface area contributed by atoms with Gasteiger partial charge < -0.3 is 20.1 Å². The molecule has 0 fully saturated rings. The highest BCUT2D eigenvalue weighted by Gasteiger charge is 2.31. The standard InChI is InChI=1S/C34H34N2O5S2/c1-3-40-34(39)30-27-18-17-22(2)19-28(27)43-33(30)36-32(38)31(23-11-6-4-7-12-23)42-26-16-10-13-24(20-26)35-29(37)21-41-25-14-8-5-9-15-25/h4-16,20,22,31H,3,17-19,21H2,1-2H3,(H,35,37)(H,36,38). The van der Waals surface area contributed by atoms with Gasteiger partial charge in [0.25, 0.3) is 5.91 Å². The fourth-order valence-electron chi connectivity index (χ4n) is 4.98. The molecule has 1 heterocycles. The Morgan fingerprint density at radius 3 is 2.47 bits per heavy atom. The maximum absolute atomic E-state index is 13.9. The molecular formula is C34H34N2O5S2. The van der Waals surface area contributed by atoms with Gasteiger partial charge in [0, 0.05) is 15.5 Å². The third-order valence-corrected chi connectivity index (χ3v) is 9.47. The third-order valence-electron chi connectivity index (χ3n) is 7.05. The number of thiophene rings is 1. The van der Waals surface area contributed by atoms with E-state index in [2.05, 4.69) is 17.6 Å². The minimum atomic E-state index is -0.610. The highest BCUT2D eigenvalue weighted by molar-refractivity contribution is 8.00. The quantitative estimate of drug-likeness (QED) is 0.134. The van der Waals surface area contributed by atoms with Crippen LogP contribution in [0.5, 0.6) is 5.75 Å². The number of hydrogen-bond acceptors (Lipinski definition) is 7. The van der Waals surface area contributed by atoms with Crippen LogP contribution in [0.15, 0.2) is 89.8 Å². The van der Waals surface area contributed by atoms with Gasteiger partial charge >= 0.3 is 5.97 Å². The molecule has 4 aromatic rings. The normalized spacial score (nSPS) is 14.7. The van der Waals surface area contributed by atoms with Gasteiger partial charge in [-0.1, -0.05) is 61.5 Å². The molecule has 5 rings (SSSR count). The van der Waals surface area contributed by atoms with E-state index in [1.165, 1.54) is 23.1 Å². The Morgan fingerprint density at radius 2 is 1.72 bits per heavy atom. The molecule has 1 aliphatic rings. The van der Waals surface area contributed by atoms with Crippen molar-refractivity contribution in [1.82, 2.24) is 0 Å². The number of ether oxygens (including phenoxy) is 2. The van der Waals surface area contributed by atoms with Crippen LogP contribution >= 0.6 is 23.1 Å². The van der Waals surface area contributed by atoms with Gasteiger partial charge in [-0.3, -0.25) is 9.59 Å². The predicted molar refractivity (Wildman–Crippen MR) is 172 cm³/mol. The molecule has 2 amide bonds. The lowest BCUT2D eigenvalue weighted by atomic mass is 9.88. The molecule has 0 aliphatic heterocycles. The number of thioether (sulfide) groups is 1. The van der Waals surface area contributed by atoms with Crippen LogP contribution in [-0.2, 0) is 27.2 Å². The van der Waals surface area contributed by atoms with Crippen LogP contribution in [0.25, 0.3) is 0 Å². The number of esters is 1. The van der Waals surface area contributed by atoms with Crippen LogP contribution < -0.4 is 15.4 Å². The number of amides is 2. The molecule has 0 radical (unpaired) electrons. The van der Waals surface area contributed by atoms with Gasteiger partial charge in [-0.2, -0.15) is 0 Å². The van der Waals surface area contributed by atoms with Crippen LogP contribution in [-0.4, -0.2) is 31.0 Å². The van der Waals surface area contributed by atoms with Gasteiger partial charge in [0.2, 0.25) is 5.91 Å². The van der Waals surface area contributed by atoms with E-state index in [1.54, 1.807) is 25.1 Å². The number of fused-ring (bicyclic) bond motifs is 1. The zero-order valence-electron chi connectivity index (χ0n) is 24.1. The molecule has 222 valence electrons. The molecule has 1 aromatic heterocycles. The Hall–Kier alpha value is -4.08. The minimum absolute atomic E-state index is 0.122. The van der Waals surface area contributed by atoms with Gasteiger partial charge in [0.15, 0.2) is 6.61 Å². The Bertz CT molecular complexity index is 1570. The SMILES string of the molecule is CCOC(=O)c1c(NC(=O)C(Sc2cccc(NC(=O)COc3ccccc3)c2)c2ccccc2)sc2c1CCC(C)C2. The van der Waals surface area contributed by atoms with Crippen molar-refractivity contribution in [2.75, 3.05) is 23.8 Å². The predicted octanol–water partition coefficient (Wildman–Crippen LogP) is 7.54. The second-order valence-electron chi connectivity index (χ2n) is 10.4. The van der Waals surface area contributed by atoms with Gasteiger partial charge in [-0.15, -0.1) is 23.1 Å². The number of hydrogen-bond donors (Lipinski definition) is 2. The van der Waals surface area contributed by atoms with Crippen LogP contribution in [0.2, 0.25) is 0 Å². The van der Waals surface area contributed by atoms with Crippen molar-refractivity contribution >= 4 is 51.6 Å². The van der Waals surface area contributed by atoms with Crippen molar-refractivity contribution < 1.29 is 23.9 Å². The van der Waals surface area contributed by atoms with Crippen LogP contribution in [0.3, 0.4) is 0 Å². The van der Waals surface area contributed by atoms with E-state index in [0.717, 1.165) is 40.2 Å². The number of nitrogens with one attached hydrogen (secondary N) is 2. The topological polar surface area (TPSA) is 93.7 Å². The van der Waals surface area contributed by atoms with Crippen molar-refractivity contribution in [2.24, 2.45) is 5.92 Å². The van der Waals surface area contributed by atoms with E-state index < -0.39 is 11.2 Å². The van der Waals surface area contributed by atoms with Gasteiger partial charge in [-0.05, 0) is 73.6 Å². The number of benzene rings is 3. The Labute approximate surface area is 260 Å². The van der Waals surface area contributed by atoms with Crippen molar-refractivity contribution in [1.29, 1.82) is 0 Å². The average molecular weight is 615 g/mol. The van der Waals surface area contributed by atoms with Gasteiger partial charge in [0.1, 0.15) is 16.0 Å². The van der Waals surface area contributed by atoms with E-state index in [1.807, 2.05) is 66.7 Å². The number of carbonyl (C=O) groups is 3. The Balaban J connectivity index is 1.34. The second-order valence-corrected chi connectivity index (χ2v) is 12.6. The molecule has 2 unspecified atom stereocenters. The smallest absolute Gasteiger partial charge is 0.341 e. The summed E-state index contributed by atoms with van der Waals surface area (Å²) in [5.41, 5.74) is 2.91.